The van der Waals surface area contributed by atoms with Crippen LogP contribution in [0.5, 0.6) is 5.75 Å². The molecular weight excluding hydrogens is 278 g/mol. The Bertz CT molecular complexity index is 869. The van der Waals surface area contributed by atoms with Crippen LogP contribution >= 0.6 is 0 Å². The zero-order valence-corrected chi connectivity index (χ0v) is 11.9. The molecule has 4 rings (SSSR count). The maximum absolute atomic E-state index is 12.9. The number of nitrogens with zero attached hydrogens (tertiary/aromatic N) is 2. The number of rotatable bonds is 1. The molecule has 22 heavy (non-hydrogen) atoms. The minimum atomic E-state index is -0.181. The molecule has 0 bridgehead atoms. The summed E-state index contributed by atoms with van der Waals surface area (Å²) in [5.74, 6) is -0.0368. The summed E-state index contributed by atoms with van der Waals surface area (Å²) in [5, 5.41) is 18.0. The van der Waals surface area contributed by atoms with Crippen molar-refractivity contribution in [2.45, 2.75) is 12.8 Å². The molecule has 2 aromatic carbocycles. The highest BCUT2D eigenvalue weighted by Gasteiger charge is 2.28. The first-order chi connectivity index (χ1) is 10.8. The maximum atomic E-state index is 12.9. The van der Waals surface area contributed by atoms with Crippen LogP contribution in [-0.2, 0) is 6.42 Å². The van der Waals surface area contributed by atoms with Gasteiger partial charge in [0.05, 0.1) is 11.2 Å². The molecule has 0 aliphatic carbocycles. The molecule has 0 spiro atoms. The molecule has 5 nitrogen and oxygen atoms in total. The summed E-state index contributed by atoms with van der Waals surface area (Å²) in [5.41, 5.74) is 2.84. The number of H-pyrrole nitrogens is 1. The predicted octanol–water partition coefficient (Wildman–Crippen LogP) is 2.86. The average Bonchev–Trinajstić information content (AvgIpc) is 2.98. The third-order valence-corrected chi connectivity index (χ3v) is 4.11. The van der Waals surface area contributed by atoms with Crippen LogP contribution in [0.3, 0.4) is 0 Å². The lowest BCUT2D eigenvalue weighted by molar-refractivity contribution is 0.0981. The second-order valence-electron chi connectivity index (χ2n) is 5.46. The average molecular weight is 293 g/mol. The third kappa shape index (κ3) is 1.86. The van der Waals surface area contributed by atoms with E-state index in [0.29, 0.717) is 17.9 Å². The van der Waals surface area contributed by atoms with Crippen LogP contribution in [0.15, 0.2) is 42.5 Å². The highest BCUT2D eigenvalue weighted by Crippen LogP contribution is 2.36. The van der Waals surface area contributed by atoms with Crippen LogP contribution in [0.1, 0.15) is 22.5 Å². The smallest absolute Gasteiger partial charge is 0.279 e. The van der Waals surface area contributed by atoms with Crippen LogP contribution in [-0.4, -0.2) is 27.8 Å². The van der Waals surface area contributed by atoms with Gasteiger partial charge in [0.2, 0.25) is 0 Å². The number of hydrogen-bond acceptors (Lipinski definition) is 3. The zero-order valence-electron chi connectivity index (χ0n) is 11.9. The number of benzene rings is 2. The molecule has 110 valence electrons. The van der Waals surface area contributed by atoms with Crippen molar-refractivity contribution < 1.29 is 9.90 Å². The second-order valence-corrected chi connectivity index (χ2v) is 5.46. The molecule has 2 N–H and O–H groups in total. The molecule has 1 aliphatic heterocycles. The number of phenols is 1. The van der Waals surface area contributed by atoms with Gasteiger partial charge in [-0.05, 0) is 30.5 Å². The highest BCUT2D eigenvalue weighted by atomic mass is 16.3. The number of fused-ring (bicyclic) bond motifs is 2. The quantitative estimate of drug-likeness (QED) is 0.725. The third-order valence-electron chi connectivity index (χ3n) is 4.11. The number of nitrogens with one attached hydrogen (secondary N) is 1. The van der Waals surface area contributed by atoms with E-state index in [9.17, 15) is 9.90 Å². The molecular formula is C17H15N3O2. The first kappa shape index (κ1) is 12.9. The molecule has 0 saturated carbocycles. The number of para-hydroxylation sites is 2. The number of aromatic nitrogens is 2. The van der Waals surface area contributed by atoms with Gasteiger partial charge in [0, 0.05) is 11.9 Å². The van der Waals surface area contributed by atoms with Gasteiger partial charge in [-0.15, -0.1) is 0 Å². The molecule has 1 amide bonds. The largest absolute Gasteiger partial charge is 0.506 e. The Labute approximate surface area is 127 Å². The van der Waals surface area contributed by atoms with Crippen molar-refractivity contribution in [3.63, 3.8) is 0 Å². The topological polar surface area (TPSA) is 69.2 Å². The Balaban J connectivity index is 1.82. The normalized spacial score (nSPS) is 14.1. The van der Waals surface area contributed by atoms with E-state index in [1.54, 1.807) is 11.0 Å². The second kappa shape index (κ2) is 4.87. The molecule has 0 radical (unpaired) electrons. The molecule has 3 aromatic rings. The number of carbonyl (C=O) groups excluding carboxylic acids is 1. The molecule has 0 unspecified atom stereocenters. The summed E-state index contributed by atoms with van der Waals surface area (Å²) in [7, 11) is 0. The van der Waals surface area contributed by atoms with Crippen molar-refractivity contribution in [2.24, 2.45) is 0 Å². The molecule has 1 aliphatic rings. The summed E-state index contributed by atoms with van der Waals surface area (Å²) < 4.78 is 0. The van der Waals surface area contributed by atoms with Crippen molar-refractivity contribution in [3.8, 4) is 5.75 Å². The lowest BCUT2D eigenvalue weighted by Gasteiger charge is -2.29. The Kier molecular flexibility index (Phi) is 2.85. The fourth-order valence-electron chi connectivity index (χ4n) is 3.09. The number of aromatic hydroxyl groups is 1. The minimum Gasteiger partial charge on any atom is -0.506 e. The van der Waals surface area contributed by atoms with E-state index < -0.39 is 0 Å². The first-order valence-electron chi connectivity index (χ1n) is 7.31. The number of phenolic OH excluding ortho intramolecular Hbond substituents is 1. The lowest BCUT2D eigenvalue weighted by Crippen LogP contribution is -2.35. The van der Waals surface area contributed by atoms with Crippen molar-refractivity contribution in [1.29, 1.82) is 0 Å². The van der Waals surface area contributed by atoms with Crippen molar-refractivity contribution in [3.05, 3.63) is 53.7 Å². The Morgan fingerprint density at radius 2 is 2.05 bits per heavy atom. The molecule has 0 fully saturated rings. The van der Waals surface area contributed by atoms with E-state index in [1.165, 1.54) is 0 Å². The molecule has 5 heteroatoms. The Morgan fingerprint density at radius 1 is 1.18 bits per heavy atom. The van der Waals surface area contributed by atoms with Crippen LogP contribution < -0.4 is 4.90 Å². The van der Waals surface area contributed by atoms with Gasteiger partial charge >= 0.3 is 0 Å². The fraction of sp³-hybridized carbons (Fsp3) is 0.176. The van der Waals surface area contributed by atoms with Crippen LogP contribution in [0.25, 0.3) is 10.9 Å². The minimum absolute atomic E-state index is 0.144. The summed E-state index contributed by atoms with van der Waals surface area (Å²) in [6.45, 7) is 0.588. The van der Waals surface area contributed by atoms with Crippen LogP contribution in [0, 0.1) is 0 Å². The Morgan fingerprint density at radius 3 is 2.95 bits per heavy atom. The van der Waals surface area contributed by atoms with Crippen LogP contribution in [0.2, 0.25) is 0 Å². The number of amides is 1. The zero-order chi connectivity index (χ0) is 15.1. The molecule has 2 heterocycles. The summed E-state index contributed by atoms with van der Waals surface area (Å²) in [4.78, 5) is 14.6. The fourth-order valence-corrected chi connectivity index (χ4v) is 3.09. The monoisotopic (exact) mass is 293 g/mol. The van der Waals surface area contributed by atoms with Crippen molar-refractivity contribution in [2.75, 3.05) is 11.4 Å². The number of aromatic amines is 1. The van der Waals surface area contributed by atoms with Crippen molar-refractivity contribution >= 4 is 22.5 Å². The van der Waals surface area contributed by atoms with Crippen LogP contribution in [0.4, 0.5) is 5.69 Å². The van der Waals surface area contributed by atoms with Gasteiger partial charge < -0.3 is 10.0 Å². The molecule has 0 saturated heterocycles. The number of aryl methyl sites for hydroxylation is 1. The maximum Gasteiger partial charge on any atom is 0.279 e. The van der Waals surface area contributed by atoms with Gasteiger partial charge in [0.15, 0.2) is 5.69 Å². The highest BCUT2D eigenvalue weighted by molar-refractivity contribution is 6.13. The number of hydrogen-bond donors (Lipinski definition) is 2. The SMILES string of the molecule is O=C(c1n[nH]c2ccccc12)N1CCCc2cccc(O)c21. The van der Waals surface area contributed by atoms with Gasteiger partial charge in [0.25, 0.3) is 5.91 Å². The predicted molar refractivity (Wildman–Crippen MR) is 84.2 cm³/mol. The summed E-state index contributed by atoms with van der Waals surface area (Å²) in [6, 6.07) is 12.9. The van der Waals surface area contributed by atoms with E-state index in [4.69, 9.17) is 0 Å². The summed E-state index contributed by atoms with van der Waals surface area (Å²) >= 11 is 0. The Hall–Kier alpha value is -2.82. The number of carbonyl (C=O) groups is 1. The summed E-state index contributed by atoms with van der Waals surface area (Å²) in [6.07, 6.45) is 1.75. The van der Waals surface area contributed by atoms with Gasteiger partial charge in [-0.3, -0.25) is 9.89 Å². The number of anilines is 1. The van der Waals surface area contributed by atoms with E-state index >= 15 is 0 Å². The van der Waals surface area contributed by atoms with E-state index in [-0.39, 0.29) is 11.7 Å². The van der Waals surface area contributed by atoms with Crippen molar-refractivity contribution in [1.82, 2.24) is 10.2 Å². The van der Waals surface area contributed by atoms with Gasteiger partial charge in [-0.25, -0.2) is 0 Å². The molecule has 1 aromatic heterocycles. The molecule has 0 atom stereocenters. The lowest BCUT2D eigenvalue weighted by atomic mass is 10.0. The van der Waals surface area contributed by atoms with Gasteiger partial charge in [-0.2, -0.15) is 5.10 Å². The van der Waals surface area contributed by atoms with E-state index in [0.717, 1.165) is 29.3 Å². The van der Waals surface area contributed by atoms with Gasteiger partial charge in [-0.1, -0.05) is 30.3 Å². The standard InChI is InChI=1S/C17H15N3O2/c21-14-9-3-5-11-6-4-10-20(16(11)14)17(22)15-12-7-1-2-8-13(12)18-19-15/h1-3,5,7-9,21H,4,6,10H2,(H,18,19). The first-order valence-corrected chi connectivity index (χ1v) is 7.31. The van der Waals surface area contributed by atoms with Gasteiger partial charge in [0.1, 0.15) is 5.75 Å². The van der Waals surface area contributed by atoms with E-state index in [2.05, 4.69) is 10.2 Å². The van der Waals surface area contributed by atoms with E-state index in [1.807, 2.05) is 36.4 Å².